The number of carbonyl (C=O) groups excluding carboxylic acids is 2. The second-order valence-corrected chi connectivity index (χ2v) is 7.68. The first-order valence-corrected chi connectivity index (χ1v) is 8.99. The largest absolute Gasteiger partial charge is 0.383 e. The van der Waals surface area contributed by atoms with Gasteiger partial charge in [0.05, 0.1) is 6.61 Å². The number of piperidine rings is 1. The molecule has 1 aromatic carbocycles. The van der Waals surface area contributed by atoms with Crippen molar-refractivity contribution in [2.24, 2.45) is 5.92 Å². The Morgan fingerprint density at radius 2 is 1.76 bits per heavy atom. The molecular formula is C20H30N2O3. The molecule has 0 radical (unpaired) electrons. The van der Waals surface area contributed by atoms with Crippen LogP contribution in [0.1, 0.15) is 49.5 Å². The number of rotatable bonds is 5. The minimum Gasteiger partial charge on any atom is -0.383 e. The first-order chi connectivity index (χ1) is 11.8. The fourth-order valence-electron chi connectivity index (χ4n) is 3.06. The Hall–Kier alpha value is -1.88. The van der Waals surface area contributed by atoms with Crippen LogP contribution in [0.15, 0.2) is 24.3 Å². The Labute approximate surface area is 150 Å². The maximum Gasteiger partial charge on any atom is 0.253 e. The Morgan fingerprint density at radius 1 is 1.16 bits per heavy atom. The molecule has 1 heterocycles. The van der Waals surface area contributed by atoms with Crippen molar-refractivity contribution in [3.05, 3.63) is 35.4 Å². The average molecular weight is 346 g/mol. The van der Waals surface area contributed by atoms with E-state index in [0.717, 1.165) is 5.56 Å². The summed E-state index contributed by atoms with van der Waals surface area (Å²) in [6, 6.07) is 7.88. The summed E-state index contributed by atoms with van der Waals surface area (Å²) in [5.74, 6) is 0.113. The molecule has 1 saturated heterocycles. The number of amides is 2. The van der Waals surface area contributed by atoms with Gasteiger partial charge in [-0.05, 0) is 36.0 Å². The summed E-state index contributed by atoms with van der Waals surface area (Å²) in [6.45, 7) is 8.79. The zero-order valence-electron chi connectivity index (χ0n) is 15.8. The summed E-state index contributed by atoms with van der Waals surface area (Å²) >= 11 is 0. The van der Waals surface area contributed by atoms with Gasteiger partial charge in [0, 0.05) is 38.2 Å². The third-order valence-electron chi connectivity index (χ3n) is 4.76. The van der Waals surface area contributed by atoms with Crippen LogP contribution < -0.4 is 5.32 Å². The number of ether oxygens (including phenoxy) is 1. The van der Waals surface area contributed by atoms with E-state index in [1.165, 1.54) is 5.56 Å². The molecule has 1 aliphatic rings. The SMILES string of the molecule is COCCNC(=O)C1CCN(C(=O)c2ccc(C(C)(C)C)cc2)CC1. The molecule has 0 aromatic heterocycles. The van der Waals surface area contributed by atoms with Gasteiger partial charge in [0.2, 0.25) is 5.91 Å². The third-order valence-corrected chi connectivity index (χ3v) is 4.76. The van der Waals surface area contributed by atoms with Crippen LogP contribution in [0.3, 0.4) is 0 Å². The van der Waals surface area contributed by atoms with Crippen LogP contribution >= 0.6 is 0 Å². The van der Waals surface area contributed by atoms with Crippen molar-refractivity contribution in [3.63, 3.8) is 0 Å². The summed E-state index contributed by atoms with van der Waals surface area (Å²) < 4.78 is 4.94. The Kier molecular flexibility index (Phi) is 6.59. The molecular weight excluding hydrogens is 316 g/mol. The predicted octanol–water partition coefficient (Wildman–Crippen LogP) is 2.60. The minimum atomic E-state index is -0.0100. The van der Waals surface area contributed by atoms with Crippen LogP contribution in [0.2, 0.25) is 0 Å². The molecule has 1 N–H and O–H groups in total. The Bertz CT molecular complexity index is 582. The lowest BCUT2D eigenvalue weighted by atomic mass is 9.86. The van der Waals surface area contributed by atoms with Gasteiger partial charge < -0.3 is 15.0 Å². The fourth-order valence-corrected chi connectivity index (χ4v) is 3.06. The highest BCUT2D eigenvalue weighted by Gasteiger charge is 2.27. The lowest BCUT2D eigenvalue weighted by molar-refractivity contribution is -0.126. The standard InChI is InChI=1S/C20H30N2O3/c1-20(2,3)17-7-5-16(6-8-17)19(24)22-12-9-15(10-13-22)18(23)21-11-14-25-4/h5-8,15H,9-14H2,1-4H3,(H,21,23). The first-order valence-electron chi connectivity index (χ1n) is 8.99. The predicted molar refractivity (Wildman–Crippen MR) is 98.7 cm³/mol. The highest BCUT2D eigenvalue weighted by atomic mass is 16.5. The molecule has 138 valence electrons. The van der Waals surface area contributed by atoms with E-state index < -0.39 is 0 Å². The van der Waals surface area contributed by atoms with E-state index in [4.69, 9.17) is 4.74 Å². The van der Waals surface area contributed by atoms with E-state index in [0.29, 0.717) is 39.1 Å². The zero-order chi connectivity index (χ0) is 18.4. The minimum absolute atomic E-state index is 0.0100. The first kappa shape index (κ1) is 19.4. The van der Waals surface area contributed by atoms with E-state index in [1.807, 2.05) is 29.2 Å². The molecule has 5 heteroatoms. The van der Waals surface area contributed by atoms with Crippen LogP contribution in [0.5, 0.6) is 0 Å². The van der Waals surface area contributed by atoms with Crippen molar-refractivity contribution in [1.82, 2.24) is 10.2 Å². The normalized spacial score (nSPS) is 15.9. The quantitative estimate of drug-likeness (QED) is 0.834. The molecule has 1 aromatic rings. The van der Waals surface area contributed by atoms with Gasteiger partial charge in [0.25, 0.3) is 5.91 Å². The van der Waals surface area contributed by atoms with E-state index >= 15 is 0 Å². The molecule has 2 amide bonds. The Morgan fingerprint density at radius 3 is 2.28 bits per heavy atom. The maximum atomic E-state index is 12.7. The molecule has 2 rings (SSSR count). The number of nitrogens with zero attached hydrogens (tertiary/aromatic N) is 1. The molecule has 0 aliphatic carbocycles. The summed E-state index contributed by atoms with van der Waals surface area (Å²) in [5.41, 5.74) is 2.02. The summed E-state index contributed by atoms with van der Waals surface area (Å²) in [5, 5.41) is 2.88. The zero-order valence-corrected chi connectivity index (χ0v) is 15.8. The molecule has 0 saturated carbocycles. The van der Waals surface area contributed by atoms with Crippen LogP contribution in [0.25, 0.3) is 0 Å². The van der Waals surface area contributed by atoms with Crippen molar-refractivity contribution in [1.29, 1.82) is 0 Å². The van der Waals surface area contributed by atoms with Gasteiger partial charge in [-0.25, -0.2) is 0 Å². The van der Waals surface area contributed by atoms with Gasteiger partial charge >= 0.3 is 0 Å². The topological polar surface area (TPSA) is 58.6 Å². The van der Waals surface area contributed by atoms with Crippen LogP contribution in [0, 0.1) is 5.92 Å². The third kappa shape index (κ3) is 5.30. The highest BCUT2D eigenvalue weighted by molar-refractivity contribution is 5.94. The van der Waals surface area contributed by atoms with Crippen LogP contribution in [-0.4, -0.2) is 50.1 Å². The second kappa shape index (κ2) is 8.48. The number of carbonyl (C=O) groups is 2. The van der Waals surface area contributed by atoms with Crippen molar-refractivity contribution in [2.45, 2.75) is 39.0 Å². The average Bonchev–Trinajstić information content (AvgIpc) is 2.61. The molecule has 0 atom stereocenters. The molecule has 25 heavy (non-hydrogen) atoms. The highest BCUT2D eigenvalue weighted by Crippen LogP contribution is 2.24. The lowest BCUT2D eigenvalue weighted by Crippen LogP contribution is -2.43. The number of nitrogens with one attached hydrogen (secondary N) is 1. The molecule has 5 nitrogen and oxygen atoms in total. The maximum absolute atomic E-state index is 12.7. The molecule has 1 fully saturated rings. The van der Waals surface area contributed by atoms with Gasteiger partial charge in [-0.1, -0.05) is 32.9 Å². The van der Waals surface area contributed by atoms with Gasteiger partial charge in [-0.3, -0.25) is 9.59 Å². The lowest BCUT2D eigenvalue weighted by Gasteiger charge is -2.31. The number of likely N-dealkylation sites (tertiary alicyclic amines) is 1. The molecule has 0 bridgehead atoms. The summed E-state index contributed by atoms with van der Waals surface area (Å²) in [4.78, 5) is 26.6. The van der Waals surface area contributed by atoms with Gasteiger partial charge in [-0.2, -0.15) is 0 Å². The number of benzene rings is 1. The smallest absolute Gasteiger partial charge is 0.253 e. The van der Waals surface area contributed by atoms with E-state index in [2.05, 4.69) is 26.1 Å². The monoisotopic (exact) mass is 346 g/mol. The van der Waals surface area contributed by atoms with Crippen LogP contribution in [0.4, 0.5) is 0 Å². The van der Waals surface area contributed by atoms with Gasteiger partial charge in [0.15, 0.2) is 0 Å². The van der Waals surface area contributed by atoms with E-state index in [-0.39, 0.29) is 23.1 Å². The summed E-state index contributed by atoms with van der Waals surface area (Å²) in [7, 11) is 1.62. The number of methoxy groups -OCH3 is 1. The molecule has 1 aliphatic heterocycles. The number of hydrogen-bond donors (Lipinski definition) is 1. The van der Waals surface area contributed by atoms with Crippen LogP contribution in [-0.2, 0) is 14.9 Å². The Balaban J connectivity index is 1.87. The van der Waals surface area contributed by atoms with Crippen molar-refractivity contribution >= 4 is 11.8 Å². The van der Waals surface area contributed by atoms with Gasteiger partial charge in [-0.15, -0.1) is 0 Å². The van der Waals surface area contributed by atoms with Gasteiger partial charge in [0.1, 0.15) is 0 Å². The van der Waals surface area contributed by atoms with E-state index in [1.54, 1.807) is 7.11 Å². The van der Waals surface area contributed by atoms with Crippen molar-refractivity contribution in [2.75, 3.05) is 33.4 Å². The van der Waals surface area contributed by atoms with Crippen molar-refractivity contribution < 1.29 is 14.3 Å². The van der Waals surface area contributed by atoms with Crippen molar-refractivity contribution in [3.8, 4) is 0 Å². The second-order valence-electron chi connectivity index (χ2n) is 7.68. The summed E-state index contributed by atoms with van der Waals surface area (Å²) in [6.07, 6.45) is 1.43. The number of hydrogen-bond acceptors (Lipinski definition) is 3. The molecule has 0 spiro atoms. The van der Waals surface area contributed by atoms with E-state index in [9.17, 15) is 9.59 Å². The molecule has 0 unspecified atom stereocenters. The fraction of sp³-hybridized carbons (Fsp3) is 0.600.